The van der Waals surface area contributed by atoms with Crippen LogP contribution in [0.25, 0.3) is 0 Å². The third-order valence-electron chi connectivity index (χ3n) is 5.78. The summed E-state index contributed by atoms with van der Waals surface area (Å²) in [6, 6.07) is 16.0. The number of nitrogens with zero attached hydrogens (tertiary/aromatic N) is 1. The highest BCUT2D eigenvalue weighted by molar-refractivity contribution is 6.77. The third-order valence-corrected chi connectivity index (χ3v) is 14.4. The van der Waals surface area contributed by atoms with Gasteiger partial charge in [0.25, 0.3) is 0 Å². The van der Waals surface area contributed by atoms with Crippen LogP contribution in [0.3, 0.4) is 0 Å². The number of hydrogen-bond donors (Lipinski definition) is 0. The summed E-state index contributed by atoms with van der Waals surface area (Å²) < 4.78 is 14.2. The van der Waals surface area contributed by atoms with Crippen LogP contribution in [0.1, 0.15) is 32.8 Å². The van der Waals surface area contributed by atoms with E-state index in [-0.39, 0.29) is 0 Å². The van der Waals surface area contributed by atoms with Gasteiger partial charge in [0.1, 0.15) is 8.24 Å². The summed E-state index contributed by atoms with van der Waals surface area (Å²) in [5, 5.41) is 0. The molecule has 24 heavy (non-hydrogen) atoms. The minimum atomic E-state index is -1.96. The number of benzene rings is 1. The molecule has 0 saturated carbocycles. The second kappa shape index (κ2) is 10.5. The maximum absolute atomic E-state index is 5.66. The summed E-state index contributed by atoms with van der Waals surface area (Å²) in [4.78, 5) is 0. The van der Waals surface area contributed by atoms with E-state index in [4.69, 9.17) is 8.85 Å². The zero-order chi connectivity index (χ0) is 18.1. The molecular weight excluding hydrogens is 330 g/mol. The molecule has 0 saturated heterocycles. The van der Waals surface area contributed by atoms with E-state index in [1.165, 1.54) is 23.7 Å². The Hall–Kier alpha value is -0.466. The van der Waals surface area contributed by atoms with Crippen LogP contribution in [-0.4, -0.2) is 42.1 Å². The largest absolute Gasteiger partial charge is 0.398 e. The molecule has 0 aromatic heterocycles. The van der Waals surface area contributed by atoms with Crippen LogP contribution in [0.5, 0.6) is 0 Å². The minimum Gasteiger partial charge on any atom is -0.398 e. The summed E-state index contributed by atoms with van der Waals surface area (Å²) in [6.45, 7) is 11.6. The summed E-state index contributed by atoms with van der Waals surface area (Å²) >= 11 is 0. The summed E-state index contributed by atoms with van der Waals surface area (Å²) in [6.07, 6.45) is 1.16. The molecule has 1 aromatic carbocycles. The lowest BCUT2D eigenvalue weighted by Gasteiger charge is -2.41. The second-order valence-corrected chi connectivity index (χ2v) is 15.6. The van der Waals surface area contributed by atoms with Crippen molar-refractivity contribution in [1.82, 2.24) is 4.57 Å². The Kier molecular flexibility index (Phi) is 9.45. The van der Waals surface area contributed by atoms with Gasteiger partial charge in [0.15, 0.2) is 0 Å². The molecule has 0 radical (unpaired) electrons. The van der Waals surface area contributed by atoms with E-state index in [0.717, 1.165) is 25.6 Å². The van der Waals surface area contributed by atoms with E-state index < -0.39 is 16.8 Å². The van der Waals surface area contributed by atoms with E-state index in [1.807, 2.05) is 0 Å². The Bertz CT molecular complexity index is 440. The van der Waals surface area contributed by atoms with Crippen molar-refractivity contribution in [2.45, 2.75) is 64.5 Å². The van der Waals surface area contributed by atoms with Crippen LogP contribution in [0.4, 0.5) is 0 Å². The normalized spacial score (nSPS) is 12.8. The molecule has 1 rings (SSSR count). The van der Waals surface area contributed by atoms with Crippen molar-refractivity contribution >= 4 is 16.8 Å². The fourth-order valence-corrected chi connectivity index (χ4v) is 8.95. The van der Waals surface area contributed by atoms with E-state index in [2.05, 4.69) is 62.2 Å². The molecule has 0 spiro atoms. The highest BCUT2D eigenvalue weighted by Crippen LogP contribution is 2.28. The molecule has 0 aliphatic carbocycles. The van der Waals surface area contributed by atoms with Crippen molar-refractivity contribution in [2.24, 2.45) is 0 Å². The van der Waals surface area contributed by atoms with Gasteiger partial charge in [-0.1, -0.05) is 51.1 Å². The van der Waals surface area contributed by atoms with Gasteiger partial charge in [-0.05, 0) is 49.3 Å². The summed E-state index contributed by atoms with van der Waals surface area (Å²) in [5.74, 6) is 0. The third kappa shape index (κ3) is 5.81. The SMILES string of the molecule is CC[Si](CC)(CC)N(CCC[Si](C)(OC)OC)Cc1ccccc1. The standard InChI is InChI=1S/C19H37NO2Si2/c1-7-24(8-2,9-3)20(18-19-14-11-10-12-15-19)16-13-17-23(6,21-4)22-5/h10-12,14-15H,7-9,13,16-18H2,1-6H3. The quantitative estimate of drug-likeness (QED) is 0.471. The Morgan fingerprint density at radius 3 is 1.92 bits per heavy atom. The fourth-order valence-electron chi connectivity index (χ4n) is 3.59. The van der Waals surface area contributed by atoms with Crippen LogP contribution in [0, 0.1) is 0 Å². The highest BCUT2D eigenvalue weighted by atomic mass is 28.4. The molecule has 138 valence electrons. The van der Waals surface area contributed by atoms with Gasteiger partial charge in [-0.25, -0.2) is 0 Å². The molecule has 0 bridgehead atoms. The molecule has 0 aliphatic heterocycles. The number of hydrogen-bond acceptors (Lipinski definition) is 3. The zero-order valence-corrected chi connectivity index (χ0v) is 18.6. The second-order valence-electron chi connectivity index (χ2n) is 6.84. The summed E-state index contributed by atoms with van der Waals surface area (Å²) in [5.41, 5.74) is 1.43. The van der Waals surface area contributed by atoms with Crippen LogP contribution >= 0.6 is 0 Å². The molecule has 3 nitrogen and oxygen atoms in total. The van der Waals surface area contributed by atoms with Crippen molar-refractivity contribution in [3.05, 3.63) is 35.9 Å². The molecule has 5 heteroatoms. The van der Waals surface area contributed by atoms with Gasteiger partial charge in [0.05, 0.1) is 0 Å². The molecule has 0 fully saturated rings. The fraction of sp³-hybridized carbons (Fsp3) is 0.684. The molecule has 0 amide bonds. The van der Waals surface area contributed by atoms with Crippen molar-refractivity contribution in [3.63, 3.8) is 0 Å². The molecule has 1 aromatic rings. The molecule has 0 N–H and O–H groups in total. The van der Waals surface area contributed by atoms with Gasteiger partial charge in [0.2, 0.25) is 0 Å². The molecule has 0 heterocycles. The average Bonchev–Trinajstić information content (AvgIpc) is 2.64. The van der Waals surface area contributed by atoms with Crippen molar-refractivity contribution in [1.29, 1.82) is 0 Å². The van der Waals surface area contributed by atoms with Crippen LogP contribution in [-0.2, 0) is 15.4 Å². The van der Waals surface area contributed by atoms with Crippen molar-refractivity contribution in [2.75, 3.05) is 20.8 Å². The van der Waals surface area contributed by atoms with E-state index in [9.17, 15) is 0 Å². The lowest BCUT2D eigenvalue weighted by atomic mass is 10.2. The van der Waals surface area contributed by atoms with Gasteiger partial charge in [-0.2, -0.15) is 0 Å². The lowest BCUT2D eigenvalue weighted by Crippen LogP contribution is -2.52. The molecule has 0 atom stereocenters. The van der Waals surface area contributed by atoms with E-state index >= 15 is 0 Å². The van der Waals surface area contributed by atoms with Gasteiger partial charge >= 0.3 is 8.56 Å². The van der Waals surface area contributed by atoms with E-state index in [1.54, 1.807) is 14.2 Å². The van der Waals surface area contributed by atoms with Crippen LogP contribution < -0.4 is 0 Å². The Balaban J connectivity index is 2.85. The maximum Gasteiger partial charge on any atom is 0.334 e. The average molecular weight is 368 g/mol. The Morgan fingerprint density at radius 1 is 0.917 bits per heavy atom. The predicted octanol–water partition coefficient (Wildman–Crippen LogP) is 5.25. The first-order valence-corrected chi connectivity index (χ1v) is 14.5. The minimum absolute atomic E-state index is 1.06. The molecule has 0 unspecified atom stereocenters. The van der Waals surface area contributed by atoms with Crippen molar-refractivity contribution < 1.29 is 8.85 Å². The first-order chi connectivity index (χ1) is 11.5. The Morgan fingerprint density at radius 2 is 1.46 bits per heavy atom. The highest BCUT2D eigenvalue weighted by Gasteiger charge is 2.35. The van der Waals surface area contributed by atoms with Crippen LogP contribution in [0.15, 0.2) is 30.3 Å². The van der Waals surface area contributed by atoms with Crippen molar-refractivity contribution in [3.8, 4) is 0 Å². The predicted molar refractivity (Wildman–Crippen MR) is 109 cm³/mol. The van der Waals surface area contributed by atoms with Gasteiger partial charge in [0, 0.05) is 20.8 Å². The maximum atomic E-state index is 5.66. The molecular formula is C19H37NO2Si2. The Labute approximate surface area is 151 Å². The first-order valence-electron chi connectivity index (χ1n) is 9.38. The van der Waals surface area contributed by atoms with Gasteiger partial charge < -0.3 is 13.4 Å². The molecule has 0 aliphatic rings. The summed E-state index contributed by atoms with van der Waals surface area (Å²) in [7, 11) is 0.248. The monoisotopic (exact) mass is 367 g/mol. The smallest absolute Gasteiger partial charge is 0.334 e. The first kappa shape index (κ1) is 21.6. The topological polar surface area (TPSA) is 21.7 Å². The number of rotatable bonds is 12. The van der Waals surface area contributed by atoms with Gasteiger partial charge in [-0.3, -0.25) is 0 Å². The lowest BCUT2D eigenvalue weighted by molar-refractivity contribution is 0.246. The van der Waals surface area contributed by atoms with Gasteiger partial charge in [-0.15, -0.1) is 0 Å². The van der Waals surface area contributed by atoms with Crippen LogP contribution in [0.2, 0.25) is 30.7 Å². The zero-order valence-electron chi connectivity index (χ0n) is 16.6. The van der Waals surface area contributed by atoms with E-state index in [0.29, 0.717) is 0 Å².